The number of fused-ring (bicyclic) bond motifs is 1. The molecular formula is C22H23ClN2O3. The summed E-state index contributed by atoms with van der Waals surface area (Å²) < 4.78 is 11.2. The molecule has 28 heavy (non-hydrogen) atoms. The first-order valence-corrected chi connectivity index (χ1v) is 9.92. The highest BCUT2D eigenvalue weighted by atomic mass is 35.5. The van der Waals surface area contributed by atoms with Gasteiger partial charge in [-0.1, -0.05) is 23.7 Å². The van der Waals surface area contributed by atoms with Crippen LogP contribution in [0.1, 0.15) is 23.0 Å². The highest BCUT2D eigenvalue weighted by molar-refractivity contribution is 6.31. The molecule has 0 bridgehead atoms. The summed E-state index contributed by atoms with van der Waals surface area (Å²) >= 11 is 6.01. The fraction of sp³-hybridized carbons (Fsp3) is 0.318. The molecule has 146 valence electrons. The van der Waals surface area contributed by atoms with Crippen molar-refractivity contribution in [1.82, 2.24) is 9.80 Å². The SMILES string of the molecule is CCOc1ccc(CN2CCN(C(=O)c3cc4cc(Cl)ccc4o3)CC2)cc1. The van der Waals surface area contributed by atoms with Crippen molar-refractivity contribution in [3.63, 3.8) is 0 Å². The summed E-state index contributed by atoms with van der Waals surface area (Å²) in [4.78, 5) is 17.0. The zero-order valence-electron chi connectivity index (χ0n) is 15.9. The molecule has 5 nitrogen and oxygen atoms in total. The molecule has 1 aliphatic rings. The van der Waals surface area contributed by atoms with E-state index in [4.69, 9.17) is 20.8 Å². The lowest BCUT2D eigenvalue weighted by Gasteiger charge is -2.34. The first-order valence-electron chi connectivity index (χ1n) is 9.55. The molecule has 0 radical (unpaired) electrons. The van der Waals surface area contributed by atoms with Crippen LogP contribution in [0.15, 0.2) is 52.9 Å². The van der Waals surface area contributed by atoms with E-state index in [0.717, 1.165) is 30.8 Å². The number of hydrogen-bond acceptors (Lipinski definition) is 4. The lowest BCUT2D eigenvalue weighted by molar-refractivity contribution is 0.0600. The monoisotopic (exact) mass is 398 g/mol. The minimum absolute atomic E-state index is 0.0620. The molecule has 0 atom stereocenters. The summed E-state index contributed by atoms with van der Waals surface area (Å²) in [6, 6.07) is 15.4. The van der Waals surface area contributed by atoms with Crippen molar-refractivity contribution in [3.05, 3.63) is 64.9 Å². The van der Waals surface area contributed by atoms with Crippen molar-refractivity contribution in [2.24, 2.45) is 0 Å². The summed E-state index contributed by atoms with van der Waals surface area (Å²) in [5, 5.41) is 1.49. The molecule has 0 spiro atoms. The van der Waals surface area contributed by atoms with Gasteiger partial charge in [0.05, 0.1) is 6.61 Å². The molecular weight excluding hydrogens is 376 g/mol. The largest absolute Gasteiger partial charge is 0.494 e. The predicted octanol–water partition coefficient (Wildman–Crippen LogP) is 4.44. The van der Waals surface area contributed by atoms with Crippen molar-refractivity contribution in [2.45, 2.75) is 13.5 Å². The Morgan fingerprint density at radius 1 is 1.07 bits per heavy atom. The number of ether oxygens (including phenoxy) is 1. The molecule has 0 unspecified atom stereocenters. The van der Waals surface area contributed by atoms with E-state index in [-0.39, 0.29) is 5.91 Å². The van der Waals surface area contributed by atoms with E-state index in [1.807, 2.05) is 30.0 Å². The summed E-state index contributed by atoms with van der Waals surface area (Å²) in [6.07, 6.45) is 0. The molecule has 1 amide bonds. The highest BCUT2D eigenvalue weighted by Crippen LogP contribution is 2.24. The van der Waals surface area contributed by atoms with Gasteiger partial charge in [0.15, 0.2) is 5.76 Å². The van der Waals surface area contributed by atoms with Crippen molar-refractivity contribution < 1.29 is 13.9 Å². The molecule has 1 fully saturated rings. The van der Waals surface area contributed by atoms with Gasteiger partial charge in [0.1, 0.15) is 11.3 Å². The third-order valence-electron chi connectivity index (χ3n) is 4.99. The van der Waals surface area contributed by atoms with Gasteiger partial charge in [-0.05, 0) is 48.9 Å². The lowest BCUT2D eigenvalue weighted by Crippen LogP contribution is -2.48. The summed E-state index contributed by atoms with van der Waals surface area (Å²) in [5.41, 5.74) is 1.93. The Bertz CT molecular complexity index is 960. The Kier molecular flexibility index (Phi) is 5.55. The Labute approximate surface area is 169 Å². The van der Waals surface area contributed by atoms with Gasteiger partial charge in [-0.2, -0.15) is 0 Å². The Morgan fingerprint density at radius 3 is 2.54 bits per heavy atom. The summed E-state index contributed by atoms with van der Waals surface area (Å²) in [7, 11) is 0. The molecule has 4 rings (SSSR count). The molecule has 3 aromatic rings. The number of furan rings is 1. The van der Waals surface area contributed by atoms with Crippen molar-refractivity contribution in [2.75, 3.05) is 32.8 Å². The Balaban J connectivity index is 1.34. The van der Waals surface area contributed by atoms with E-state index in [9.17, 15) is 4.79 Å². The van der Waals surface area contributed by atoms with Gasteiger partial charge in [-0.15, -0.1) is 0 Å². The van der Waals surface area contributed by atoms with Gasteiger partial charge in [0.25, 0.3) is 5.91 Å². The van der Waals surface area contributed by atoms with Gasteiger partial charge in [-0.25, -0.2) is 0 Å². The highest BCUT2D eigenvalue weighted by Gasteiger charge is 2.24. The molecule has 2 heterocycles. The fourth-order valence-corrected chi connectivity index (χ4v) is 3.68. The number of piperazine rings is 1. The van der Waals surface area contributed by atoms with Crippen LogP contribution in [0.3, 0.4) is 0 Å². The number of carbonyl (C=O) groups is 1. The molecule has 0 aliphatic carbocycles. The standard InChI is InChI=1S/C22H23ClN2O3/c1-2-27-19-6-3-16(4-7-19)15-24-9-11-25(12-10-24)22(26)21-14-17-13-18(23)5-8-20(17)28-21/h3-8,13-14H,2,9-12,15H2,1H3. The molecule has 6 heteroatoms. The maximum absolute atomic E-state index is 12.8. The van der Waals surface area contributed by atoms with E-state index in [1.165, 1.54) is 5.56 Å². The molecule has 1 saturated heterocycles. The van der Waals surface area contributed by atoms with Crippen molar-refractivity contribution in [3.8, 4) is 5.75 Å². The molecule has 0 N–H and O–H groups in total. The third kappa shape index (κ3) is 4.16. The van der Waals surface area contributed by atoms with Crippen LogP contribution in [-0.4, -0.2) is 48.5 Å². The van der Waals surface area contributed by atoms with Crippen LogP contribution in [-0.2, 0) is 6.54 Å². The fourth-order valence-electron chi connectivity index (χ4n) is 3.50. The van der Waals surface area contributed by atoms with Crippen LogP contribution in [0.25, 0.3) is 11.0 Å². The van der Waals surface area contributed by atoms with Crippen LogP contribution in [0.4, 0.5) is 0 Å². The van der Waals surface area contributed by atoms with Crippen LogP contribution >= 0.6 is 11.6 Å². The summed E-state index contributed by atoms with van der Waals surface area (Å²) in [5.74, 6) is 1.21. The zero-order valence-corrected chi connectivity index (χ0v) is 16.6. The van der Waals surface area contributed by atoms with Crippen LogP contribution < -0.4 is 4.74 Å². The number of benzene rings is 2. The van der Waals surface area contributed by atoms with Gasteiger partial charge in [-0.3, -0.25) is 9.69 Å². The van der Waals surface area contributed by atoms with Crippen LogP contribution in [0.2, 0.25) is 5.02 Å². The number of rotatable bonds is 5. The van der Waals surface area contributed by atoms with Gasteiger partial charge >= 0.3 is 0 Å². The Morgan fingerprint density at radius 2 is 1.82 bits per heavy atom. The van der Waals surface area contributed by atoms with E-state index < -0.39 is 0 Å². The average Bonchev–Trinajstić information content (AvgIpc) is 3.13. The minimum Gasteiger partial charge on any atom is -0.494 e. The number of halogens is 1. The normalized spacial score (nSPS) is 15.1. The molecule has 2 aromatic carbocycles. The Hall–Kier alpha value is -2.50. The molecule has 0 saturated carbocycles. The topological polar surface area (TPSA) is 45.9 Å². The first-order chi connectivity index (χ1) is 13.6. The smallest absolute Gasteiger partial charge is 0.289 e. The van der Waals surface area contributed by atoms with Crippen LogP contribution in [0.5, 0.6) is 5.75 Å². The number of hydrogen-bond donors (Lipinski definition) is 0. The molecule has 1 aromatic heterocycles. The second-order valence-electron chi connectivity index (χ2n) is 6.94. The second-order valence-corrected chi connectivity index (χ2v) is 7.37. The summed E-state index contributed by atoms with van der Waals surface area (Å²) in [6.45, 7) is 6.58. The predicted molar refractivity (Wildman–Crippen MR) is 110 cm³/mol. The number of nitrogens with zero attached hydrogens (tertiary/aromatic N) is 2. The maximum Gasteiger partial charge on any atom is 0.289 e. The van der Waals surface area contributed by atoms with Crippen molar-refractivity contribution >= 4 is 28.5 Å². The lowest BCUT2D eigenvalue weighted by atomic mass is 10.2. The zero-order chi connectivity index (χ0) is 19.5. The van der Waals surface area contributed by atoms with E-state index in [2.05, 4.69) is 17.0 Å². The maximum atomic E-state index is 12.8. The van der Waals surface area contributed by atoms with E-state index in [1.54, 1.807) is 18.2 Å². The van der Waals surface area contributed by atoms with Crippen molar-refractivity contribution in [1.29, 1.82) is 0 Å². The van der Waals surface area contributed by atoms with Gasteiger partial charge in [0, 0.05) is 43.1 Å². The van der Waals surface area contributed by atoms with E-state index >= 15 is 0 Å². The van der Waals surface area contributed by atoms with Gasteiger partial charge in [0.2, 0.25) is 0 Å². The quantitative estimate of drug-likeness (QED) is 0.637. The van der Waals surface area contributed by atoms with Gasteiger partial charge < -0.3 is 14.1 Å². The molecule has 1 aliphatic heterocycles. The number of carbonyl (C=O) groups excluding carboxylic acids is 1. The number of amides is 1. The average molecular weight is 399 g/mol. The first kappa shape index (κ1) is 18.8. The second kappa shape index (κ2) is 8.25. The third-order valence-corrected chi connectivity index (χ3v) is 5.22. The van der Waals surface area contributed by atoms with E-state index in [0.29, 0.717) is 36.1 Å². The minimum atomic E-state index is -0.0620. The van der Waals surface area contributed by atoms with Crippen LogP contribution in [0, 0.1) is 0 Å².